The number of ketones is 2. The quantitative estimate of drug-likeness (QED) is 0.311. The second kappa shape index (κ2) is 10.0. The van der Waals surface area contributed by atoms with Crippen LogP contribution in [0.4, 0.5) is 0 Å². The number of rotatable bonds is 4. The van der Waals surface area contributed by atoms with Gasteiger partial charge in [-0.05, 0) is 18.6 Å². The molecule has 3 aliphatic rings. The topological polar surface area (TPSA) is 160 Å². The molecule has 1 fully saturated rings. The molecule has 1 N–H and O–H groups in total. The van der Waals surface area contributed by atoms with Gasteiger partial charge in [0.25, 0.3) is 0 Å². The standard InChI is InChI=1S/C28H36O11/c1-14-9-10-25(6,7)28(35)12-19(11-20(28)33)22(36-15(2)29)21-24(37-16(3)30)26(8,38-17(4)31)13-27(21,23(14)34)39-18(5)32/h9-11,14,21-22,24,35H,12-13H2,1-8H3/b10-9+/t14-,21+,22+,24-,26-,27-,28+/m1/s1. The first-order chi connectivity index (χ1) is 17.8. The van der Waals surface area contributed by atoms with Crippen molar-refractivity contribution in [1.82, 2.24) is 0 Å². The zero-order valence-electron chi connectivity index (χ0n) is 23.5. The fourth-order valence-electron chi connectivity index (χ4n) is 6.23. The average Bonchev–Trinajstić information content (AvgIpc) is 3.20. The first-order valence-electron chi connectivity index (χ1n) is 12.7. The van der Waals surface area contributed by atoms with Crippen LogP contribution in [0.5, 0.6) is 0 Å². The molecule has 0 aromatic carbocycles. The molecule has 0 saturated heterocycles. The van der Waals surface area contributed by atoms with E-state index in [4.69, 9.17) is 18.9 Å². The summed E-state index contributed by atoms with van der Waals surface area (Å²) < 4.78 is 22.8. The molecule has 214 valence electrons. The van der Waals surface area contributed by atoms with E-state index in [1.807, 2.05) is 0 Å². The molecule has 7 atom stereocenters. The minimum atomic E-state index is -2.13. The Morgan fingerprint density at radius 2 is 1.46 bits per heavy atom. The number of hydrogen-bond donors (Lipinski definition) is 1. The molecule has 11 nitrogen and oxygen atoms in total. The van der Waals surface area contributed by atoms with Crippen molar-refractivity contribution in [2.24, 2.45) is 17.3 Å². The van der Waals surface area contributed by atoms with Crippen LogP contribution in [-0.4, -0.2) is 69.6 Å². The van der Waals surface area contributed by atoms with Gasteiger partial charge in [-0.1, -0.05) is 32.9 Å². The predicted molar refractivity (Wildman–Crippen MR) is 134 cm³/mol. The second-order valence-corrected chi connectivity index (χ2v) is 11.5. The summed E-state index contributed by atoms with van der Waals surface area (Å²) in [5, 5.41) is 11.6. The molecule has 11 heteroatoms. The van der Waals surface area contributed by atoms with Gasteiger partial charge in [0.1, 0.15) is 11.7 Å². The van der Waals surface area contributed by atoms with Crippen LogP contribution in [0.25, 0.3) is 0 Å². The van der Waals surface area contributed by atoms with Crippen molar-refractivity contribution in [3.05, 3.63) is 23.8 Å². The monoisotopic (exact) mass is 548 g/mol. The number of esters is 4. The van der Waals surface area contributed by atoms with E-state index in [1.54, 1.807) is 26.8 Å². The summed E-state index contributed by atoms with van der Waals surface area (Å²) in [7, 11) is 0. The largest absolute Gasteiger partial charge is 0.458 e. The Labute approximate surface area is 226 Å². The lowest BCUT2D eigenvalue weighted by atomic mass is 9.71. The molecule has 3 aliphatic carbocycles. The van der Waals surface area contributed by atoms with E-state index in [2.05, 4.69) is 0 Å². The Morgan fingerprint density at radius 3 is 1.97 bits per heavy atom. The lowest BCUT2D eigenvalue weighted by Crippen LogP contribution is -2.56. The number of Topliss-reactive ketones (excluding diaryl/α,β-unsaturated/α-hetero) is 1. The van der Waals surface area contributed by atoms with Crippen LogP contribution in [-0.2, 0) is 47.7 Å². The number of carbonyl (C=O) groups is 6. The van der Waals surface area contributed by atoms with Gasteiger partial charge in [-0.2, -0.15) is 0 Å². The summed E-state index contributed by atoms with van der Waals surface area (Å²) in [5.41, 5.74) is -6.82. The summed E-state index contributed by atoms with van der Waals surface area (Å²) in [5.74, 6) is -6.90. The number of fused-ring (bicyclic) bond motifs is 3. The Hall–Kier alpha value is -3.34. The first-order valence-corrected chi connectivity index (χ1v) is 12.7. The maximum Gasteiger partial charge on any atom is 0.303 e. The number of ether oxygens (including phenoxy) is 4. The average molecular weight is 549 g/mol. The van der Waals surface area contributed by atoms with Gasteiger partial charge in [0, 0.05) is 51.9 Å². The van der Waals surface area contributed by atoms with Gasteiger partial charge in [0.2, 0.25) is 0 Å². The van der Waals surface area contributed by atoms with Crippen molar-refractivity contribution < 1.29 is 52.8 Å². The Morgan fingerprint density at radius 1 is 0.897 bits per heavy atom. The first kappa shape index (κ1) is 30.2. The molecule has 0 amide bonds. The maximum atomic E-state index is 14.3. The van der Waals surface area contributed by atoms with Gasteiger partial charge >= 0.3 is 23.9 Å². The zero-order chi connectivity index (χ0) is 29.7. The number of aliphatic hydroxyl groups is 1. The molecule has 0 aliphatic heterocycles. The zero-order valence-corrected chi connectivity index (χ0v) is 23.5. The maximum absolute atomic E-state index is 14.3. The molecule has 0 aromatic heterocycles. The second-order valence-electron chi connectivity index (χ2n) is 11.5. The van der Waals surface area contributed by atoms with E-state index in [1.165, 1.54) is 13.0 Å². The van der Waals surface area contributed by atoms with Gasteiger partial charge in [-0.3, -0.25) is 28.8 Å². The van der Waals surface area contributed by atoms with Crippen molar-refractivity contribution in [3.63, 3.8) is 0 Å². The van der Waals surface area contributed by atoms with Crippen LogP contribution in [0, 0.1) is 17.3 Å². The van der Waals surface area contributed by atoms with Crippen molar-refractivity contribution in [1.29, 1.82) is 0 Å². The predicted octanol–water partition coefficient (Wildman–Crippen LogP) is 1.92. The van der Waals surface area contributed by atoms with Crippen molar-refractivity contribution in [3.8, 4) is 0 Å². The van der Waals surface area contributed by atoms with Gasteiger partial charge in [-0.15, -0.1) is 0 Å². The Balaban J connectivity index is 2.45. The van der Waals surface area contributed by atoms with Gasteiger partial charge < -0.3 is 24.1 Å². The smallest absolute Gasteiger partial charge is 0.303 e. The van der Waals surface area contributed by atoms with Crippen molar-refractivity contribution in [2.45, 2.75) is 97.2 Å². The molecule has 0 spiro atoms. The number of hydrogen-bond acceptors (Lipinski definition) is 11. The molecule has 0 aromatic rings. The van der Waals surface area contributed by atoms with Gasteiger partial charge in [0.15, 0.2) is 28.9 Å². The highest BCUT2D eigenvalue weighted by molar-refractivity contribution is 6.02. The molecule has 3 rings (SSSR count). The van der Waals surface area contributed by atoms with Crippen LogP contribution in [0.2, 0.25) is 0 Å². The summed E-state index contributed by atoms with van der Waals surface area (Å²) in [6.45, 7) is 10.7. The third kappa shape index (κ3) is 5.16. The number of allylic oxidation sites excluding steroid dienone is 1. The lowest BCUT2D eigenvalue weighted by molar-refractivity contribution is -0.189. The summed E-state index contributed by atoms with van der Waals surface area (Å²) in [6.07, 6.45) is 0.550. The van der Waals surface area contributed by atoms with Crippen LogP contribution in [0.1, 0.15) is 68.2 Å². The van der Waals surface area contributed by atoms with Gasteiger partial charge in [0.05, 0.1) is 5.92 Å². The normalized spacial score (nSPS) is 38.0. The molecule has 2 bridgehead atoms. The van der Waals surface area contributed by atoms with E-state index >= 15 is 0 Å². The van der Waals surface area contributed by atoms with E-state index in [-0.39, 0.29) is 12.0 Å². The molecular formula is C28H36O11. The molecule has 0 heterocycles. The highest BCUT2D eigenvalue weighted by Gasteiger charge is 2.72. The number of carbonyl (C=O) groups excluding carboxylic acids is 6. The molecule has 0 unspecified atom stereocenters. The van der Waals surface area contributed by atoms with E-state index in [9.17, 15) is 33.9 Å². The summed E-state index contributed by atoms with van der Waals surface area (Å²) in [4.78, 5) is 77.1. The lowest BCUT2D eigenvalue weighted by Gasteiger charge is -2.40. The minimum Gasteiger partial charge on any atom is -0.458 e. The van der Waals surface area contributed by atoms with Crippen LogP contribution < -0.4 is 0 Å². The van der Waals surface area contributed by atoms with E-state index in [0.717, 1.165) is 33.8 Å². The fraction of sp³-hybridized carbons (Fsp3) is 0.643. The minimum absolute atomic E-state index is 0.132. The van der Waals surface area contributed by atoms with E-state index < -0.39 is 88.1 Å². The third-order valence-corrected chi connectivity index (χ3v) is 7.94. The molecule has 1 saturated carbocycles. The molecule has 0 radical (unpaired) electrons. The highest BCUT2D eigenvalue weighted by Crippen LogP contribution is 2.55. The van der Waals surface area contributed by atoms with E-state index in [0.29, 0.717) is 0 Å². The third-order valence-electron chi connectivity index (χ3n) is 7.94. The fourth-order valence-corrected chi connectivity index (χ4v) is 6.23. The summed E-state index contributed by atoms with van der Waals surface area (Å²) in [6, 6.07) is 0. The molecular weight excluding hydrogens is 512 g/mol. The van der Waals surface area contributed by atoms with Crippen LogP contribution >= 0.6 is 0 Å². The Kier molecular flexibility index (Phi) is 7.75. The summed E-state index contributed by atoms with van der Waals surface area (Å²) >= 11 is 0. The van der Waals surface area contributed by atoms with Crippen molar-refractivity contribution in [2.75, 3.05) is 0 Å². The van der Waals surface area contributed by atoms with Crippen LogP contribution in [0.15, 0.2) is 23.8 Å². The van der Waals surface area contributed by atoms with Gasteiger partial charge in [-0.25, -0.2) is 0 Å². The van der Waals surface area contributed by atoms with Crippen molar-refractivity contribution >= 4 is 35.4 Å². The Bertz CT molecular complexity index is 1180. The SMILES string of the molecule is CC(=O)O[C@@H]1[C@@H]2[C@@H](OC(C)=O)C3=CC(=O)[C@@](O)(C3)C(C)(C)/C=C/[C@@H](C)C(=O)[C@@]2(OC(C)=O)C[C@@]1(C)OC(C)=O. The van der Waals surface area contributed by atoms with Crippen LogP contribution in [0.3, 0.4) is 0 Å². The molecule has 39 heavy (non-hydrogen) atoms. The highest BCUT2D eigenvalue weighted by atomic mass is 16.6.